The Morgan fingerprint density at radius 1 is 1.00 bits per heavy atom. The molecule has 0 N–H and O–H groups in total. The molecule has 168 valence electrons. The smallest absolute Gasteiger partial charge is 0.248 e. The molecular weight excluding hydrogens is 472 g/mol. The number of anilines is 1. The van der Waals surface area contributed by atoms with Crippen LogP contribution in [0.3, 0.4) is 0 Å². The third kappa shape index (κ3) is 3.18. The molecule has 0 spiro atoms. The molecule has 2 atom stereocenters. The van der Waals surface area contributed by atoms with Gasteiger partial charge in [-0.3, -0.25) is 13.9 Å². The molecule has 2 bridgehead atoms. The molecule has 7 heteroatoms. The molecule has 33 heavy (non-hydrogen) atoms. The molecule has 3 aromatic rings. The summed E-state index contributed by atoms with van der Waals surface area (Å²) in [6.07, 6.45) is 2.72. The number of fused-ring (bicyclic) bond motifs is 1. The second-order valence-electron chi connectivity index (χ2n) is 9.31. The van der Waals surface area contributed by atoms with Gasteiger partial charge in [0, 0.05) is 29.7 Å². The Hall–Kier alpha value is -2.28. The summed E-state index contributed by atoms with van der Waals surface area (Å²) in [4.78, 5) is 29.7. The number of hydrogen-bond donors (Lipinski definition) is 1. The summed E-state index contributed by atoms with van der Waals surface area (Å²) in [5.41, 5.74) is 2.58. The van der Waals surface area contributed by atoms with E-state index in [1.54, 1.807) is 35.6 Å². The van der Waals surface area contributed by atoms with Crippen LogP contribution >= 0.6 is 35.8 Å². The first-order valence-electron chi connectivity index (χ1n) is 11.2. The number of thiol groups is 1. The fourth-order valence-electron chi connectivity index (χ4n) is 5.78. The number of benzene rings is 2. The molecule has 2 unspecified atom stereocenters. The van der Waals surface area contributed by atoms with Crippen LogP contribution in [0, 0.1) is 5.92 Å². The maximum atomic E-state index is 13.7. The Balaban J connectivity index is 1.41. The lowest BCUT2D eigenvalue weighted by atomic mass is 9.73. The van der Waals surface area contributed by atoms with Gasteiger partial charge in [0.1, 0.15) is 11.5 Å². The van der Waals surface area contributed by atoms with E-state index >= 15 is 0 Å². The summed E-state index contributed by atoms with van der Waals surface area (Å²) >= 11 is 12.7. The van der Waals surface area contributed by atoms with Crippen LogP contribution in [0.1, 0.15) is 41.9 Å². The van der Waals surface area contributed by atoms with Gasteiger partial charge in [-0.1, -0.05) is 54.7 Å². The van der Waals surface area contributed by atoms with Crippen molar-refractivity contribution in [3.05, 3.63) is 87.1 Å². The van der Waals surface area contributed by atoms with E-state index < -0.39 is 11.5 Å². The SMILES string of the molecule is O=C1CC(c2ccc(N3CC4CC3C4)cc2)(c2ccsc2)N(S)C(=O)C1c1ccccc1Cl. The Bertz CT molecular complexity index is 1220. The van der Waals surface area contributed by atoms with Gasteiger partial charge in [0.25, 0.3) is 0 Å². The first-order chi connectivity index (χ1) is 16.0. The van der Waals surface area contributed by atoms with Crippen molar-refractivity contribution in [1.82, 2.24) is 4.31 Å². The highest BCUT2D eigenvalue weighted by Gasteiger charge is 2.53. The van der Waals surface area contributed by atoms with Crippen molar-refractivity contribution < 1.29 is 9.59 Å². The molecule has 4 aliphatic rings. The zero-order chi connectivity index (χ0) is 22.7. The normalized spacial score (nSPS) is 28.8. The van der Waals surface area contributed by atoms with Gasteiger partial charge in [0.2, 0.25) is 5.91 Å². The predicted octanol–water partition coefficient (Wildman–Crippen LogP) is 5.67. The number of nitrogens with zero attached hydrogens (tertiary/aromatic N) is 2. The lowest BCUT2D eigenvalue weighted by Gasteiger charge is -2.46. The van der Waals surface area contributed by atoms with Crippen molar-refractivity contribution >= 4 is 53.1 Å². The van der Waals surface area contributed by atoms with Crippen molar-refractivity contribution in [1.29, 1.82) is 0 Å². The lowest BCUT2D eigenvalue weighted by molar-refractivity contribution is -0.142. The van der Waals surface area contributed by atoms with Crippen LogP contribution in [0.25, 0.3) is 0 Å². The summed E-state index contributed by atoms with van der Waals surface area (Å²) < 4.78 is 1.46. The minimum absolute atomic E-state index is 0.141. The van der Waals surface area contributed by atoms with Gasteiger partial charge < -0.3 is 4.90 Å². The second kappa shape index (κ2) is 7.90. The number of amides is 1. The molecule has 3 saturated heterocycles. The van der Waals surface area contributed by atoms with Crippen LogP contribution in [-0.2, 0) is 15.1 Å². The molecule has 3 aliphatic heterocycles. The highest BCUT2D eigenvalue weighted by atomic mass is 35.5. The van der Waals surface area contributed by atoms with Crippen LogP contribution in [0.5, 0.6) is 0 Å². The Morgan fingerprint density at radius 2 is 1.76 bits per heavy atom. The molecule has 1 amide bonds. The maximum Gasteiger partial charge on any atom is 0.248 e. The largest absolute Gasteiger partial charge is 0.368 e. The standard InChI is InChI=1S/C26H23ClN2O2S2/c27-22-4-2-1-3-21(22)24-23(30)13-26(29(32)25(24)31,18-9-10-33-15-18)17-5-7-19(8-6-17)28-14-16-11-20(28)12-16/h1-10,15-16,20,24,32H,11-14H2. The van der Waals surface area contributed by atoms with E-state index in [2.05, 4.69) is 29.2 Å². The average molecular weight is 495 g/mol. The van der Waals surface area contributed by atoms with Crippen LogP contribution in [-0.4, -0.2) is 28.6 Å². The number of hydrogen-bond acceptors (Lipinski definition) is 5. The van der Waals surface area contributed by atoms with Crippen LogP contribution in [0.15, 0.2) is 65.4 Å². The van der Waals surface area contributed by atoms with Crippen molar-refractivity contribution in [3.63, 3.8) is 0 Å². The molecular formula is C26H23ClN2O2S2. The van der Waals surface area contributed by atoms with Crippen LogP contribution in [0.4, 0.5) is 5.69 Å². The minimum Gasteiger partial charge on any atom is -0.368 e. The average Bonchev–Trinajstić information content (AvgIpc) is 3.55. The third-order valence-corrected chi connectivity index (χ3v) is 9.13. The van der Waals surface area contributed by atoms with Crippen molar-refractivity contribution in [2.24, 2.45) is 5.92 Å². The van der Waals surface area contributed by atoms with E-state index in [0.717, 1.165) is 23.6 Å². The topological polar surface area (TPSA) is 40.6 Å². The summed E-state index contributed by atoms with van der Waals surface area (Å²) in [5.74, 6) is -0.610. The molecule has 2 aromatic carbocycles. The Kier molecular flexibility index (Phi) is 5.09. The summed E-state index contributed by atoms with van der Waals surface area (Å²) in [6.45, 7) is 1.12. The fourth-order valence-corrected chi connectivity index (χ4v) is 7.17. The Morgan fingerprint density at radius 3 is 2.39 bits per heavy atom. The molecule has 4 heterocycles. The van der Waals surface area contributed by atoms with E-state index in [0.29, 0.717) is 16.6 Å². The minimum atomic E-state index is -0.958. The van der Waals surface area contributed by atoms with Gasteiger partial charge in [-0.05, 0) is 70.5 Å². The predicted molar refractivity (Wildman–Crippen MR) is 135 cm³/mol. The third-order valence-electron chi connectivity index (χ3n) is 7.57. The van der Waals surface area contributed by atoms with Gasteiger partial charge in [-0.25, -0.2) is 0 Å². The van der Waals surface area contributed by atoms with Gasteiger partial charge in [-0.2, -0.15) is 11.3 Å². The number of rotatable bonds is 4. The molecule has 1 aromatic heterocycles. The quantitative estimate of drug-likeness (QED) is 0.375. The first-order valence-corrected chi connectivity index (χ1v) is 12.9. The zero-order valence-corrected chi connectivity index (χ0v) is 20.3. The fraction of sp³-hybridized carbons (Fsp3) is 0.308. The van der Waals surface area contributed by atoms with Gasteiger partial charge >= 0.3 is 0 Å². The van der Waals surface area contributed by atoms with Crippen LogP contribution < -0.4 is 4.90 Å². The van der Waals surface area contributed by atoms with Crippen molar-refractivity contribution in [2.75, 3.05) is 11.4 Å². The molecule has 7 rings (SSSR count). The molecule has 1 aliphatic carbocycles. The second-order valence-corrected chi connectivity index (χ2v) is 10.9. The number of thiophene rings is 1. The number of ketones is 1. The summed E-state index contributed by atoms with van der Waals surface area (Å²) in [5, 5.41) is 4.39. The van der Waals surface area contributed by atoms with Crippen molar-refractivity contribution in [2.45, 2.75) is 36.8 Å². The van der Waals surface area contributed by atoms with E-state index in [1.165, 1.54) is 22.8 Å². The number of Topliss-reactive ketones (excluding diaryl/α,β-unsaturated/α-hetero) is 1. The number of carbonyl (C=O) groups excluding carboxylic acids is 2. The first kappa shape index (κ1) is 21.3. The van der Waals surface area contributed by atoms with Gasteiger partial charge in [0.15, 0.2) is 5.78 Å². The summed E-state index contributed by atoms with van der Waals surface area (Å²) in [6, 6.07) is 18.1. The van der Waals surface area contributed by atoms with E-state index in [-0.39, 0.29) is 18.1 Å². The monoisotopic (exact) mass is 494 g/mol. The highest BCUT2D eigenvalue weighted by Crippen LogP contribution is 2.49. The van der Waals surface area contributed by atoms with Crippen molar-refractivity contribution in [3.8, 4) is 0 Å². The molecule has 1 saturated carbocycles. The summed E-state index contributed by atoms with van der Waals surface area (Å²) in [7, 11) is 0. The van der Waals surface area contributed by atoms with E-state index in [4.69, 9.17) is 24.4 Å². The maximum absolute atomic E-state index is 13.7. The van der Waals surface area contributed by atoms with E-state index in [9.17, 15) is 9.59 Å². The Labute approximate surface area is 207 Å². The van der Waals surface area contributed by atoms with E-state index in [1.807, 2.05) is 16.8 Å². The zero-order valence-electron chi connectivity index (χ0n) is 17.9. The van der Waals surface area contributed by atoms with Gasteiger partial charge in [0.05, 0.1) is 0 Å². The highest BCUT2D eigenvalue weighted by molar-refractivity contribution is 7.78. The number of carbonyl (C=O) groups is 2. The number of halogens is 1. The molecule has 4 fully saturated rings. The van der Waals surface area contributed by atoms with Gasteiger partial charge in [-0.15, -0.1) is 0 Å². The molecule has 4 nitrogen and oxygen atoms in total. The van der Waals surface area contributed by atoms with Crippen LogP contribution in [0.2, 0.25) is 5.02 Å². The lowest BCUT2D eigenvalue weighted by Crippen LogP contribution is -2.54. The molecule has 0 radical (unpaired) electrons. The number of piperidine rings is 1.